The van der Waals surface area contributed by atoms with Crippen LogP contribution in [0.3, 0.4) is 0 Å². The molecule has 0 aliphatic rings. The number of sulfonamides is 1. The summed E-state index contributed by atoms with van der Waals surface area (Å²) in [6, 6.07) is 17.7. The van der Waals surface area contributed by atoms with Gasteiger partial charge in [-0.1, -0.05) is 24.3 Å². The molecule has 4 rings (SSSR count). The maximum absolute atomic E-state index is 13.6. The number of rotatable bonds is 12. The minimum atomic E-state index is -4.06. The molecule has 4 aromatic rings. The zero-order chi connectivity index (χ0) is 28.0. The third kappa shape index (κ3) is 6.98. The van der Waals surface area contributed by atoms with Crippen LogP contribution >= 0.6 is 11.3 Å². The number of nitrogen functional groups attached to an aromatic ring is 1. The molecule has 12 heteroatoms. The summed E-state index contributed by atoms with van der Waals surface area (Å²) in [6.07, 6.45) is 0.877. The number of nitrogens with two attached hydrogens (primary N) is 2. The number of hydrogen-bond donors (Lipinski definition) is 5. The van der Waals surface area contributed by atoms with Gasteiger partial charge in [0.15, 0.2) is 0 Å². The van der Waals surface area contributed by atoms with Crippen molar-refractivity contribution in [2.24, 2.45) is 11.5 Å². The first-order valence-corrected chi connectivity index (χ1v) is 14.5. The van der Waals surface area contributed by atoms with E-state index in [1.54, 1.807) is 37.4 Å². The van der Waals surface area contributed by atoms with Crippen LogP contribution in [-0.2, 0) is 16.4 Å². The van der Waals surface area contributed by atoms with Gasteiger partial charge in [-0.25, -0.2) is 18.1 Å². The van der Waals surface area contributed by atoms with E-state index < -0.39 is 16.1 Å². The molecule has 0 radical (unpaired) electrons. The predicted octanol–water partition coefficient (Wildman–Crippen LogP) is 2.93. The fraction of sp³-hybridized carbons (Fsp3) is 0.222. The fourth-order valence-corrected chi connectivity index (χ4v) is 6.31. The highest BCUT2D eigenvalue weighted by Gasteiger charge is 2.26. The maximum Gasteiger partial charge on any atom is 0.251 e. The lowest BCUT2D eigenvalue weighted by Gasteiger charge is -2.18. The first-order chi connectivity index (χ1) is 18.7. The average Bonchev–Trinajstić information content (AvgIpc) is 3.36. The molecule has 7 N–H and O–H groups in total. The first kappa shape index (κ1) is 28.2. The second-order valence-corrected chi connectivity index (χ2v) is 11.6. The monoisotopic (exact) mass is 566 g/mol. The summed E-state index contributed by atoms with van der Waals surface area (Å²) in [4.78, 5) is 17.2. The highest BCUT2D eigenvalue weighted by molar-refractivity contribution is 7.89. The number of methoxy groups -OCH3 is 1. The van der Waals surface area contributed by atoms with Crippen LogP contribution in [-0.4, -0.2) is 45.3 Å². The standard InChI is InChI=1S/C27H30N6O4S2/c1-37-20-9-10-22-24(16-20)38-27(32-22)23(14-17-5-2-6-18(13-17)25(29)30)33-39(35,36)21-8-3-7-19(15-21)26(34)31-12-4-11-28/h2-3,5-10,13,15-16,23,33H,4,11-12,14,28H2,1H3,(H3,29,30)(H,31,34)/t23-/m1/s1. The molecule has 10 nitrogen and oxygen atoms in total. The van der Waals surface area contributed by atoms with E-state index in [0.717, 1.165) is 10.3 Å². The molecular formula is C27H30N6O4S2. The Bertz CT molecular complexity index is 1600. The molecule has 0 aliphatic heterocycles. The molecule has 0 saturated carbocycles. The number of nitrogens with one attached hydrogen (secondary N) is 3. The lowest BCUT2D eigenvalue weighted by Crippen LogP contribution is -2.31. The van der Waals surface area contributed by atoms with E-state index in [1.165, 1.54) is 29.5 Å². The van der Waals surface area contributed by atoms with Crippen molar-refractivity contribution in [3.63, 3.8) is 0 Å². The Labute approximate surface area is 231 Å². The summed E-state index contributed by atoms with van der Waals surface area (Å²) in [6.45, 7) is 0.836. The minimum Gasteiger partial charge on any atom is -0.497 e. The highest BCUT2D eigenvalue weighted by atomic mass is 32.2. The number of carbonyl (C=O) groups is 1. The van der Waals surface area contributed by atoms with Gasteiger partial charge in [-0.05, 0) is 67.4 Å². The van der Waals surface area contributed by atoms with E-state index in [2.05, 4.69) is 10.0 Å². The fourth-order valence-electron chi connectivity index (χ4n) is 3.95. The van der Waals surface area contributed by atoms with Crippen LogP contribution in [0.25, 0.3) is 10.2 Å². The Kier molecular flexibility index (Phi) is 8.92. The van der Waals surface area contributed by atoms with Crippen molar-refractivity contribution in [2.45, 2.75) is 23.8 Å². The van der Waals surface area contributed by atoms with Gasteiger partial charge in [-0.2, -0.15) is 0 Å². The molecule has 1 heterocycles. The molecule has 204 valence electrons. The van der Waals surface area contributed by atoms with Crippen molar-refractivity contribution >= 4 is 43.3 Å². The van der Waals surface area contributed by atoms with Crippen LogP contribution in [0.15, 0.2) is 71.6 Å². The largest absolute Gasteiger partial charge is 0.497 e. The number of thiazole rings is 1. The lowest BCUT2D eigenvalue weighted by molar-refractivity contribution is 0.0953. The van der Waals surface area contributed by atoms with Gasteiger partial charge >= 0.3 is 0 Å². The van der Waals surface area contributed by atoms with E-state index in [0.29, 0.717) is 41.3 Å². The van der Waals surface area contributed by atoms with E-state index in [1.807, 2.05) is 18.2 Å². The summed E-state index contributed by atoms with van der Waals surface area (Å²) in [5.41, 5.74) is 13.4. The Morgan fingerprint density at radius 2 is 1.87 bits per heavy atom. The quantitative estimate of drug-likeness (QED) is 0.0996. The van der Waals surface area contributed by atoms with Crippen molar-refractivity contribution in [1.82, 2.24) is 15.0 Å². The van der Waals surface area contributed by atoms with Crippen molar-refractivity contribution in [3.05, 3.63) is 88.4 Å². The predicted molar refractivity (Wildman–Crippen MR) is 153 cm³/mol. The van der Waals surface area contributed by atoms with E-state index in [-0.39, 0.29) is 28.6 Å². The molecular weight excluding hydrogens is 536 g/mol. The molecule has 0 saturated heterocycles. The summed E-state index contributed by atoms with van der Waals surface area (Å²) in [7, 11) is -2.48. The van der Waals surface area contributed by atoms with E-state index >= 15 is 0 Å². The van der Waals surface area contributed by atoms with Gasteiger partial charge in [-0.3, -0.25) is 10.2 Å². The van der Waals surface area contributed by atoms with Gasteiger partial charge in [0.25, 0.3) is 5.91 Å². The van der Waals surface area contributed by atoms with E-state index in [4.69, 9.17) is 26.6 Å². The van der Waals surface area contributed by atoms with Gasteiger partial charge in [0, 0.05) is 17.7 Å². The van der Waals surface area contributed by atoms with E-state index in [9.17, 15) is 13.2 Å². The molecule has 1 amide bonds. The number of carbonyl (C=O) groups excluding carboxylic acids is 1. The molecule has 1 atom stereocenters. The van der Waals surface area contributed by atoms with Gasteiger partial charge < -0.3 is 21.5 Å². The number of benzene rings is 3. The summed E-state index contributed by atoms with van der Waals surface area (Å²) in [5, 5.41) is 11.1. The Balaban J connectivity index is 1.68. The molecule has 0 spiro atoms. The third-order valence-corrected chi connectivity index (χ3v) is 8.56. The summed E-state index contributed by atoms with van der Waals surface area (Å²) >= 11 is 1.36. The van der Waals surface area contributed by atoms with Gasteiger partial charge in [0.1, 0.15) is 16.6 Å². The maximum atomic E-state index is 13.6. The molecule has 0 fully saturated rings. The summed E-state index contributed by atoms with van der Waals surface area (Å²) in [5.74, 6) is 0.214. The number of fused-ring (bicyclic) bond motifs is 1. The molecule has 39 heavy (non-hydrogen) atoms. The lowest BCUT2D eigenvalue weighted by atomic mass is 10.0. The van der Waals surface area contributed by atoms with Gasteiger partial charge in [0.05, 0.1) is 28.3 Å². The molecule has 0 aliphatic carbocycles. The van der Waals surface area contributed by atoms with Crippen molar-refractivity contribution in [3.8, 4) is 5.75 Å². The number of aromatic nitrogens is 1. The topological polar surface area (TPSA) is 173 Å². The average molecular weight is 567 g/mol. The molecule has 1 aromatic heterocycles. The zero-order valence-electron chi connectivity index (χ0n) is 21.3. The molecule has 0 unspecified atom stereocenters. The smallest absolute Gasteiger partial charge is 0.251 e. The highest BCUT2D eigenvalue weighted by Crippen LogP contribution is 2.32. The van der Waals surface area contributed by atoms with Crippen molar-refractivity contribution in [1.29, 1.82) is 5.41 Å². The summed E-state index contributed by atoms with van der Waals surface area (Å²) < 4.78 is 36.1. The van der Waals surface area contributed by atoms with Crippen LogP contribution in [0.1, 0.15) is 39.0 Å². The van der Waals surface area contributed by atoms with Crippen LogP contribution in [0, 0.1) is 5.41 Å². The van der Waals surface area contributed by atoms with Gasteiger partial charge in [-0.15, -0.1) is 11.3 Å². The van der Waals surface area contributed by atoms with Crippen molar-refractivity contribution in [2.75, 3.05) is 20.2 Å². The Hall–Kier alpha value is -3.84. The normalized spacial score (nSPS) is 12.3. The Morgan fingerprint density at radius 3 is 2.62 bits per heavy atom. The molecule has 0 bridgehead atoms. The number of amides is 1. The Morgan fingerprint density at radius 1 is 1.10 bits per heavy atom. The third-order valence-electron chi connectivity index (χ3n) is 5.96. The van der Waals surface area contributed by atoms with Crippen LogP contribution in [0.5, 0.6) is 5.75 Å². The first-order valence-electron chi connectivity index (χ1n) is 12.2. The minimum absolute atomic E-state index is 0.0424. The van der Waals surface area contributed by atoms with Crippen LogP contribution in [0.4, 0.5) is 0 Å². The SMILES string of the molecule is COc1ccc2nc([C@@H](Cc3cccc(C(=N)N)c3)NS(=O)(=O)c3cccc(C(=O)NCCCN)c3)sc2c1. The van der Waals surface area contributed by atoms with Crippen LogP contribution in [0.2, 0.25) is 0 Å². The van der Waals surface area contributed by atoms with Gasteiger partial charge in [0.2, 0.25) is 10.0 Å². The number of nitrogens with zero attached hydrogens (tertiary/aromatic N) is 1. The zero-order valence-corrected chi connectivity index (χ0v) is 22.9. The second-order valence-electron chi connectivity index (χ2n) is 8.80. The second kappa shape index (κ2) is 12.3. The number of hydrogen-bond acceptors (Lipinski definition) is 8. The molecule has 3 aromatic carbocycles. The van der Waals surface area contributed by atoms with Crippen LogP contribution < -0.4 is 26.2 Å². The number of ether oxygens (including phenoxy) is 1. The number of amidine groups is 1. The van der Waals surface area contributed by atoms with Crippen molar-refractivity contribution < 1.29 is 17.9 Å².